The van der Waals surface area contributed by atoms with Crippen LogP contribution in [0.1, 0.15) is 45.1 Å². The summed E-state index contributed by atoms with van der Waals surface area (Å²) in [4.78, 5) is 5.25. The first-order valence-electron chi connectivity index (χ1n) is 9.51. The second-order valence-corrected chi connectivity index (χ2v) is 9.44. The molecular formula is C20H28ClN3O2S. The van der Waals surface area contributed by atoms with Gasteiger partial charge in [0.15, 0.2) is 0 Å². The number of nitrogens with zero attached hydrogens (tertiary/aromatic N) is 1. The average molecular weight is 410 g/mol. The van der Waals surface area contributed by atoms with Gasteiger partial charge in [-0.15, -0.1) is 0 Å². The number of allylic oxidation sites excluding steroid dienone is 1. The number of benzene rings is 1. The third kappa shape index (κ3) is 4.92. The molecule has 0 radical (unpaired) electrons. The maximum atomic E-state index is 12.3. The molecule has 148 valence electrons. The molecule has 3 atom stereocenters. The van der Waals surface area contributed by atoms with Crippen molar-refractivity contribution < 1.29 is 8.95 Å². The van der Waals surface area contributed by atoms with Crippen molar-refractivity contribution in [2.45, 2.75) is 63.1 Å². The third-order valence-electron chi connectivity index (χ3n) is 5.06. The Hall–Kier alpha value is -1.37. The summed E-state index contributed by atoms with van der Waals surface area (Å²) in [6.07, 6.45) is 6.86. The van der Waals surface area contributed by atoms with Crippen LogP contribution in [-0.4, -0.2) is 28.0 Å². The van der Waals surface area contributed by atoms with Crippen LogP contribution < -0.4 is 11.5 Å². The largest absolute Gasteiger partial charge is 0.402 e. The SMILES string of the molecule is CC(C)OC1CCC(/C(N)=C/C(N)=Nc2ccc(Cl)c3c2CCCS3=O)C1. The van der Waals surface area contributed by atoms with Crippen molar-refractivity contribution in [1.82, 2.24) is 0 Å². The highest BCUT2D eigenvalue weighted by Gasteiger charge is 2.27. The molecule has 7 heteroatoms. The van der Waals surface area contributed by atoms with Crippen molar-refractivity contribution in [2.24, 2.45) is 22.4 Å². The minimum atomic E-state index is -1.07. The zero-order chi connectivity index (χ0) is 19.6. The van der Waals surface area contributed by atoms with Crippen LogP contribution in [0.3, 0.4) is 0 Å². The Kier molecular flexibility index (Phi) is 6.61. The molecule has 5 nitrogen and oxygen atoms in total. The monoisotopic (exact) mass is 409 g/mol. The van der Waals surface area contributed by atoms with Gasteiger partial charge in [0.1, 0.15) is 5.84 Å². The fraction of sp³-hybridized carbons (Fsp3) is 0.550. The number of hydrogen-bond donors (Lipinski definition) is 2. The van der Waals surface area contributed by atoms with Gasteiger partial charge in [-0.25, -0.2) is 4.99 Å². The number of fused-ring (bicyclic) bond motifs is 1. The number of hydrogen-bond acceptors (Lipinski definition) is 4. The molecule has 0 aromatic heterocycles. The van der Waals surface area contributed by atoms with Gasteiger partial charge in [0.25, 0.3) is 0 Å². The molecule has 1 aromatic rings. The van der Waals surface area contributed by atoms with Crippen molar-refractivity contribution in [1.29, 1.82) is 0 Å². The zero-order valence-electron chi connectivity index (χ0n) is 15.9. The number of nitrogens with two attached hydrogens (primary N) is 2. The summed E-state index contributed by atoms with van der Waals surface area (Å²) >= 11 is 6.25. The smallest absolute Gasteiger partial charge is 0.125 e. The van der Waals surface area contributed by atoms with Gasteiger partial charge < -0.3 is 16.2 Å². The third-order valence-corrected chi connectivity index (χ3v) is 7.06. The highest BCUT2D eigenvalue weighted by molar-refractivity contribution is 7.85. The second kappa shape index (κ2) is 8.76. The predicted octanol–water partition coefficient (Wildman–Crippen LogP) is 3.82. The van der Waals surface area contributed by atoms with Crippen molar-refractivity contribution in [3.8, 4) is 0 Å². The summed E-state index contributed by atoms with van der Waals surface area (Å²) in [5, 5.41) is 0.540. The average Bonchev–Trinajstić information content (AvgIpc) is 3.05. The molecule has 3 unspecified atom stereocenters. The lowest BCUT2D eigenvalue weighted by molar-refractivity contribution is 0.0110. The Balaban J connectivity index is 1.77. The molecule has 1 aliphatic carbocycles. The molecule has 1 heterocycles. The minimum Gasteiger partial charge on any atom is -0.402 e. The van der Waals surface area contributed by atoms with Crippen molar-refractivity contribution in [3.05, 3.63) is 34.5 Å². The van der Waals surface area contributed by atoms with Gasteiger partial charge in [0.2, 0.25) is 0 Å². The van der Waals surface area contributed by atoms with Crippen LogP contribution in [0.15, 0.2) is 33.8 Å². The lowest BCUT2D eigenvalue weighted by atomic mass is 10.0. The summed E-state index contributed by atoms with van der Waals surface area (Å²) in [5.74, 6) is 1.28. The molecule has 1 saturated carbocycles. The first kappa shape index (κ1) is 20.4. The van der Waals surface area contributed by atoms with Crippen LogP contribution in [0.25, 0.3) is 0 Å². The van der Waals surface area contributed by atoms with E-state index >= 15 is 0 Å². The zero-order valence-corrected chi connectivity index (χ0v) is 17.5. The maximum Gasteiger partial charge on any atom is 0.125 e. The van der Waals surface area contributed by atoms with Gasteiger partial charge in [-0.2, -0.15) is 0 Å². The standard InChI is InChI=1S/C20H28ClN3O2S/c1-12(2)26-14-6-5-13(10-14)17(22)11-19(23)24-18-8-7-16(21)20-15(18)4-3-9-27(20)25/h7-8,11-14H,3-6,9-10,22H2,1-2H3,(H2,23,24)/b17-11-. The molecule has 1 fully saturated rings. The molecule has 0 spiro atoms. The van der Waals surface area contributed by atoms with Crippen molar-refractivity contribution in [2.75, 3.05) is 5.75 Å². The van der Waals surface area contributed by atoms with Gasteiger partial charge in [0, 0.05) is 17.4 Å². The second-order valence-electron chi connectivity index (χ2n) is 7.53. The first-order chi connectivity index (χ1) is 12.8. The summed E-state index contributed by atoms with van der Waals surface area (Å²) in [6, 6.07) is 3.58. The molecule has 0 saturated heterocycles. The Morgan fingerprint density at radius 2 is 2.15 bits per heavy atom. The van der Waals surface area contributed by atoms with E-state index in [0.29, 0.717) is 21.5 Å². The summed E-state index contributed by atoms with van der Waals surface area (Å²) in [7, 11) is -1.07. The van der Waals surface area contributed by atoms with Crippen LogP contribution in [-0.2, 0) is 22.0 Å². The van der Waals surface area contributed by atoms with Crippen molar-refractivity contribution >= 4 is 33.9 Å². The Labute approximate surface area is 168 Å². The molecular weight excluding hydrogens is 382 g/mol. The van der Waals surface area contributed by atoms with Crippen molar-refractivity contribution in [3.63, 3.8) is 0 Å². The molecule has 27 heavy (non-hydrogen) atoms. The normalized spacial score (nSPS) is 26.4. The molecule has 4 N–H and O–H groups in total. The van der Waals surface area contributed by atoms with Crippen LogP contribution in [0.2, 0.25) is 5.02 Å². The lowest BCUT2D eigenvalue weighted by Gasteiger charge is -2.18. The number of ether oxygens (including phenoxy) is 1. The van der Waals surface area contributed by atoms with E-state index < -0.39 is 10.8 Å². The Bertz CT molecular complexity index is 792. The highest BCUT2D eigenvalue weighted by Crippen LogP contribution is 2.36. The summed E-state index contributed by atoms with van der Waals surface area (Å²) < 4.78 is 18.2. The quantitative estimate of drug-likeness (QED) is 0.571. The Morgan fingerprint density at radius 1 is 1.37 bits per heavy atom. The van der Waals surface area contributed by atoms with Gasteiger partial charge >= 0.3 is 0 Å². The molecule has 1 aliphatic heterocycles. The lowest BCUT2D eigenvalue weighted by Crippen LogP contribution is -2.18. The predicted molar refractivity (Wildman–Crippen MR) is 112 cm³/mol. The summed E-state index contributed by atoms with van der Waals surface area (Å²) in [6.45, 7) is 4.11. The van der Waals surface area contributed by atoms with Crippen LogP contribution in [0.4, 0.5) is 5.69 Å². The number of rotatable bonds is 5. The van der Waals surface area contributed by atoms with E-state index in [4.69, 9.17) is 27.8 Å². The van der Waals surface area contributed by atoms with Crippen LogP contribution >= 0.6 is 11.6 Å². The van der Waals surface area contributed by atoms with E-state index in [9.17, 15) is 4.21 Å². The van der Waals surface area contributed by atoms with Crippen LogP contribution in [0, 0.1) is 5.92 Å². The van der Waals surface area contributed by atoms with E-state index in [2.05, 4.69) is 18.8 Å². The van der Waals surface area contributed by atoms with Gasteiger partial charge in [0.05, 0.1) is 38.6 Å². The molecule has 2 aliphatic rings. The van der Waals surface area contributed by atoms with Gasteiger partial charge in [-0.3, -0.25) is 4.21 Å². The fourth-order valence-electron chi connectivity index (χ4n) is 3.87. The minimum absolute atomic E-state index is 0.229. The molecule has 1 aromatic carbocycles. The van der Waals surface area contributed by atoms with Gasteiger partial charge in [-0.1, -0.05) is 11.6 Å². The maximum absolute atomic E-state index is 12.3. The molecule has 0 bridgehead atoms. The van der Waals surface area contributed by atoms with E-state index in [0.717, 1.165) is 49.1 Å². The summed E-state index contributed by atoms with van der Waals surface area (Å²) in [5.41, 5.74) is 14.9. The molecule has 3 rings (SSSR count). The highest BCUT2D eigenvalue weighted by atomic mass is 35.5. The van der Waals surface area contributed by atoms with Gasteiger partial charge in [-0.05, 0) is 69.7 Å². The van der Waals surface area contributed by atoms with E-state index in [1.165, 1.54) is 0 Å². The number of aliphatic imine (C=N–C) groups is 1. The topological polar surface area (TPSA) is 90.7 Å². The van der Waals surface area contributed by atoms with E-state index in [1.54, 1.807) is 12.1 Å². The Morgan fingerprint density at radius 3 is 2.89 bits per heavy atom. The van der Waals surface area contributed by atoms with Crippen LogP contribution in [0.5, 0.6) is 0 Å². The molecule has 0 amide bonds. The number of amidine groups is 1. The fourth-order valence-corrected chi connectivity index (χ4v) is 5.69. The first-order valence-corrected chi connectivity index (χ1v) is 11.2. The van der Waals surface area contributed by atoms with E-state index in [-0.39, 0.29) is 18.1 Å². The van der Waals surface area contributed by atoms with E-state index in [1.807, 2.05) is 6.07 Å². The number of halogens is 1.